The van der Waals surface area contributed by atoms with E-state index in [-0.39, 0.29) is 15.8 Å². The van der Waals surface area contributed by atoms with E-state index in [9.17, 15) is 13.2 Å². The molecule has 3 aromatic rings. The van der Waals surface area contributed by atoms with Gasteiger partial charge in [0, 0.05) is 22.6 Å². The Morgan fingerprint density at radius 1 is 1.18 bits per heavy atom. The highest BCUT2D eigenvalue weighted by Crippen LogP contribution is 2.32. The van der Waals surface area contributed by atoms with E-state index in [0.717, 1.165) is 25.7 Å². The maximum Gasteiger partial charge on any atom is 0.271 e. The van der Waals surface area contributed by atoms with Crippen molar-refractivity contribution in [3.8, 4) is 0 Å². The lowest BCUT2D eigenvalue weighted by Crippen LogP contribution is -2.29. The highest BCUT2D eigenvalue weighted by atomic mass is 35.5. The number of hydrogen-bond donors (Lipinski definition) is 0. The van der Waals surface area contributed by atoms with Crippen LogP contribution in [0.25, 0.3) is 11.0 Å². The SMILES string of the molecule is CSc1ncc2cc(S(=O)(=O)c3ccc(Cl)cc3)c(=O)n(C3CCCC3)c2n1. The molecule has 0 aliphatic heterocycles. The van der Waals surface area contributed by atoms with Crippen molar-refractivity contribution in [2.24, 2.45) is 0 Å². The largest absolute Gasteiger partial charge is 0.288 e. The maximum atomic E-state index is 13.3. The van der Waals surface area contributed by atoms with Crippen LogP contribution in [0.5, 0.6) is 0 Å². The van der Waals surface area contributed by atoms with Crippen molar-refractivity contribution >= 4 is 44.2 Å². The third-order valence-electron chi connectivity index (χ3n) is 5.00. The van der Waals surface area contributed by atoms with E-state index in [0.29, 0.717) is 21.2 Å². The summed E-state index contributed by atoms with van der Waals surface area (Å²) in [6.07, 6.45) is 7.12. The number of thioether (sulfide) groups is 1. The van der Waals surface area contributed by atoms with E-state index in [1.54, 1.807) is 10.8 Å². The van der Waals surface area contributed by atoms with Gasteiger partial charge in [-0.3, -0.25) is 9.36 Å². The van der Waals surface area contributed by atoms with Crippen LogP contribution < -0.4 is 5.56 Å². The van der Waals surface area contributed by atoms with E-state index in [1.165, 1.54) is 42.1 Å². The molecule has 28 heavy (non-hydrogen) atoms. The second kappa shape index (κ2) is 7.50. The van der Waals surface area contributed by atoms with Crippen molar-refractivity contribution in [3.63, 3.8) is 0 Å². The van der Waals surface area contributed by atoms with Crippen LogP contribution in [0.15, 0.2) is 56.3 Å². The first-order chi connectivity index (χ1) is 13.4. The van der Waals surface area contributed by atoms with Gasteiger partial charge in [-0.25, -0.2) is 18.4 Å². The Hall–Kier alpha value is -1.90. The summed E-state index contributed by atoms with van der Waals surface area (Å²) in [7, 11) is -4.00. The molecule has 1 aliphatic rings. The van der Waals surface area contributed by atoms with Gasteiger partial charge in [0.1, 0.15) is 10.5 Å². The van der Waals surface area contributed by atoms with Gasteiger partial charge in [-0.2, -0.15) is 0 Å². The van der Waals surface area contributed by atoms with Gasteiger partial charge in [0.2, 0.25) is 9.84 Å². The Morgan fingerprint density at radius 3 is 2.50 bits per heavy atom. The molecule has 1 saturated carbocycles. The lowest BCUT2D eigenvalue weighted by Gasteiger charge is -2.18. The molecule has 0 spiro atoms. The molecule has 0 amide bonds. The van der Waals surface area contributed by atoms with Gasteiger partial charge >= 0.3 is 0 Å². The molecule has 1 fully saturated rings. The van der Waals surface area contributed by atoms with Gasteiger partial charge in [0.15, 0.2) is 5.16 Å². The van der Waals surface area contributed by atoms with Gasteiger partial charge < -0.3 is 0 Å². The Kier molecular flexibility index (Phi) is 5.20. The molecule has 146 valence electrons. The molecule has 0 bridgehead atoms. The minimum absolute atomic E-state index is 0.0352. The predicted octanol–water partition coefficient (Wildman–Crippen LogP) is 4.11. The monoisotopic (exact) mass is 435 g/mol. The molecule has 0 radical (unpaired) electrons. The lowest BCUT2D eigenvalue weighted by atomic mass is 10.2. The molecule has 0 saturated heterocycles. The summed E-state index contributed by atoms with van der Waals surface area (Å²) >= 11 is 7.26. The third-order valence-corrected chi connectivity index (χ3v) is 7.58. The number of hydrogen-bond acceptors (Lipinski definition) is 6. The molecule has 0 unspecified atom stereocenters. The fraction of sp³-hybridized carbons (Fsp3) is 0.316. The highest BCUT2D eigenvalue weighted by molar-refractivity contribution is 7.98. The minimum Gasteiger partial charge on any atom is -0.288 e. The number of benzene rings is 1. The van der Waals surface area contributed by atoms with Crippen molar-refractivity contribution in [2.45, 2.75) is 46.7 Å². The van der Waals surface area contributed by atoms with Gasteiger partial charge in [-0.05, 0) is 49.4 Å². The predicted molar refractivity (Wildman–Crippen MR) is 110 cm³/mol. The molecular formula is C19H18ClN3O3S2. The normalized spacial score (nSPS) is 15.4. The number of halogens is 1. The zero-order chi connectivity index (χ0) is 19.9. The highest BCUT2D eigenvalue weighted by Gasteiger charge is 2.28. The molecule has 0 atom stereocenters. The van der Waals surface area contributed by atoms with Crippen LogP contribution in [-0.4, -0.2) is 29.2 Å². The topological polar surface area (TPSA) is 81.9 Å². The van der Waals surface area contributed by atoms with Crippen molar-refractivity contribution in [1.82, 2.24) is 14.5 Å². The Morgan fingerprint density at radius 2 is 1.86 bits per heavy atom. The first-order valence-electron chi connectivity index (χ1n) is 8.89. The van der Waals surface area contributed by atoms with E-state index < -0.39 is 15.4 Å². The Balaban J connectivity index is 2.01. The van der Waals surface area contributed by atoms with E-state index in [1.807, 2.05) is 6.26 Å². The van der Waals surface area contributed by atoms with E-state index >= 15 is 0 Å². The Bertz CT molecular complexity index is 1200. The minimum atomic E-state index is -4.00. The summed E-state index contributed by atoms with van der Waals surface area (Å²) in [6.45, 7) is 0. The van der Waals surface area contributed by atoms with Crippen LogP contribution in [0.2, 0.25) is 5.02 Å². The first kappa shape index (κ1) is 19.4. The summed E-state index contributed by atoms with van der Waals surface area (Å²) in [5, 5.41) is 1.52. The van der Waals surface area contributed by atoms with Crippen LogP contribution in [0, 0.1) is 0 Å². The number of nitrogens with zero attached hydrogens (tertiary/aromatic N) is 3. The molecule has 9 heteroatoms. The summed E-state index contributed by atoms with van der Waals surface area (Å²) < 4.78 is 28.0. The van der Waals surface area contributed by atoms with Crippen LogP contribution in [0.3, 0.4) is 0 Å². The average Bonchev–Trinajstić information content (AvgIpc) is 3.21. The van der Waals surface area contributed by atoms with Crippen molar-refractivity contribution in [2.75, 3.05) is 6.26 Å². The first-order valence-corrected chi connectivity index (χ1v) is 12.0. The summed E-state index contributed by atoms with van der Waals surface area (Å²) in [5.41, 5.74) is -0.0357. The third kappa shape index (κ3) is 3.33. The number of pyridine rings is 1. The summed E-state index contributed by atoms with van der Waals surface area (Å²) in [6, 6.07) is 7.15. The van der Waals surface area contributed by atoms with Crippen molar-refractivity contribution in [1.29, 1.82) is 0 Å². The summed E-state index contributed by atoms with van der Waals surface area (Å²) in [4.78, 5) is 21.9. The van der Waals surface area contributed by atoms with E-state index in [2.05, 4.69) is 9.97 Å². The molecule has 2 aromatic heterocycles. The van der Waals surface area contributed by atoms with Crippen LogP contribution in [-0.2, 0) is 9.84 Å². The van der Waals surface area contributed by atoms with Gasteiger partial charge in [-0.15, -0.1) is 0 Å². The van der Waals surface area contributed by atoms with Gasteiger partial charge in [-0.1, -0.05) is 36.2 Å². The average molecular weight is 436 g/mol. The van der Waals surface area contributed by atoms with Gasteiger partial charge in [0.25, 0.3) is 5.56 Å². The summed E-state index contributed by atoms with van der Waals surface area (Å²) in [5.74, 6) is 0. The maximum absolute atomic E-state index is 13.3. The molecule has 2 heterocycles. The standard InChI is InChI=1S/C19H18ClN3O3S2/c1-27-19-21-11-12-10-16(28(25,26)15-8-6-13(20)7-9-15)18(24)23(17(12)22-19)14-4-2-3-5-14/h6-11,14H,2-5H2,1H3. The smallest absolute Gasteiger partial charge is 0.271 e. The molecule has 6 nitrogen and oxygen atoms in total. The fourth-order valence-electron chi connectivity index (χ4n) is 3.61. The zero-order valence-electron chi connectivity index (χ0n) is 15.1. The second-order valence-electron chi connectivity index (χ2n) is 6.72. The number of rotatable bonds is 4. The van der Waals surface area contributed by atoms with Crippen LogP contribution in [0.4, 0.5) is 0 Å². The number of sulfone groups is 1. The Labute approximate surface area is 171 Å². The van der Waals surface area contributed by atoms with Crippen LogP contribution >= 0.6 is 23.4 Å². The number of fused-ring (bicyclic) bond motifs is 1. The molecular weight excluding hydrogens is 418 g/mol. The zero-order valence-corrected chi connectivity index (χ0v) is 17.5. The van der Waals surface area contributed by atoms with Crippen molar-refractivity contribution in [3.05, 3.63) is 51.9 Å². The fourth-order valence-corrected chi connectivity index (χ4v) is 5.43. The second-order valence-corrected chi connectivity index (χ2v) is 9.84. The van der Waals surface area contributed by atoms with E-state index in [4.69, 9.17) is 11.6 Å². The van der Waals surface area contributed by atoms with Crippen LogP contribution in [0.1, 0.15) is 31.7 Å². The molecule has 1 aromatic carbocycles. The van der Waals surface area contributed by atoms with Crippen molar-refractivity contribution < 1.29 is 8.42 Å². The quantitative estimate of drug-likeness (QED) is 0.453. The molecule has 0 N–H and O–H groups in total. The van der Waals surface area contributed by atoms with Gasteiger partial charge in [0.05, 0.1) is 4.90 Å². The lowest BCUT2D eigenvalue weighted by molar-refractivity contribution is 0.506. The number of aromatic nitrogens is 3. The molecule has 4 rings (SSSR count). The molecule has 1 aliphatic carbocycles.